The molecule has 0 fully saturated rings. The molecular weight excluding hydrogens is 341 g/mol. The van der Waals surface area contributed by atoms with E-state index in [-0.39, 0.29) is 0 Å². The summed E-state index contributed by atoms with van der Waals surface area (Å²) < 4.78 is 6.45. The van der Waals surface area contributed by atoms with Crippen molar-refractivity contribution in [2.24, 2.45) is 5.73 Å². The number of aromatic nitrogens is 2. The summed E-state index contributed by atoms with van der Waals surface area (Å²) in [5.41, 5.74) is 6.68. The van der Waals surface area contributed by atoms with E-state index >= 15 is 0 Å². The van der Waals surface area contributed by atoms with Crippen LogP contribution in [-0.2, 0) is 5.54 Å². The minimum absolute atomic E-state index is 0.496. The summed E-state index contributed by atoms with van der Waals surface area (Å²) in [5, 5.41) is 4.02. The zero-order chi connectivity index (χ0) is 13.2. The lowest BCUT2D eigenvalue weighted by Gasteiger charge is -2.21. The van der Waals surface area contributed by atoms with Gasteiger partial charge in [0, 0.05) is 9.13 Å². The minimum atomic E-state index is -0.496. The lowest BCUT2D eigenvalue weighted by molar-refractivity contribution is 0.350. The molecule has 0 aliphatic rings. The molecular formula is C13H16IN3O. The molecule has 0 saturated heterocycles. The van der Waals surface area contributed by atoms with Gasteiger partial charge in [0.15, 0.2) is 5.82 Å². The van der Waals surface area contributed by atoms with Crippen LogP contribution < -0.4 is 5.73 Å². The molecule has 5 heteroatoms. The Kier molecular flexibility index (Phi) is 4.01. The molecule has 18 heavy (non-hydrogen) atoms. The molecule has 0 spiro atoms. The molecule has 0 atom stereocenters. The molecule has 0 amide bonds. The number of nitrogens with two attached hydrogens (primary N) is 1. The Hall–Kier alpha value is -0.950. The minimum Gasteiger partial charge on any atom is -0.334 e. The summed E-state index contributed by atoms with van der Waals surface area (Å²) in [7, 11) is 0. The van der Waals surface area contributed by atoms with Gasteiger partial charge in [-0.1, -0.05) is 25.1 Å². The Balaban J connectivity index is 2.36. The van der Waals surface area contributed by atoms with Crippen molar-refractivity contribution in [2.75, 3.05) is 0 Å². The molecule has 2 N–H and O–H groups in total. The lowest BCUT2D eigenvalue weighted by Crippen LogP contribution is -2.36. The van der Waals surface area contributed by atoms with Crippen molar-refractivity contribution < 1.29 is 4.52 Å². The number of rotatable bonds is 4. The number of benzene rings is 1. The maximum absolute atomic E-state index is 6.25. The Morgan fingerprint density at radius 3 is 2.67 bits per heavy atom. The molecule has 0 aliphatic heterocycles. The number of nitrogens with zero attached hydrogens (tertiary/aromatic N) is 2. The van der Waals surface area contributed by atoms with Crippen LogP contribution in [-0.4, -0.2) is 10.1 Å². The van der Waals surface area contributed by atoms with E-state index in [2.05, 4.69) is 32.7 Å². The summed E-state index contributed by atoms with van der Waals surface area (Å²) in [4.78, 5) is 4.43. The van der Waals surface area contributed by atoms with Crippen LogP contribution in [0.2, 0.25) is 0 Å². The normalized spacial score (nSPS) is 11.8. The van der Waals surface area contributed by atoms with Gasteiger partial charge in [-0.25, -0.2) is 0 Å². The predicted molar refractivity (Wildman–Crippen MR) is 78.9 cm³/mol. The third-order valence-corrected chi connectivity index (χ3v) is 3.88. The molecule has 1 aromatic carbocycles. The van der Waals surface area contributed by atoms with E-state index in [0.29, 0.717) is 11.7 Å². The van der Waals surface area contributed by atoms with Gasteiger partial charge in [0.25, 0.3) is 5.89 Å². The van der Waals surface area contributed by atoms with E-state index in [1.807, 2.05) is 38.1 Å². The van der Waals surface area contributed by atoms with Crippen LogP contribution >= 0.6 is 22.6 Å². The third-order valence-electron chi connectivity index (χ3n) is 3.20. The van der Waals surface area contributed by atoms with E-state index in [9.17, 15) is 0 Å². The SMILES string of the molecule is CCC(N)(CC)c1noc(-c2cccc(I)c2)n1. The lowest BCUT2D eigenvalue weighted by atomic mass is 9.93. The smallest absolute Gasteiger partial charge is 0.258 e. The molecule has 96 valence electrons. The van der Waals surface area contributed by atoms with Crippen LogP contribution in [0.15, 0.2) is 28.8 Å². The maximum atomic E-state index is 6.25. The predicted octanol–water partition coefficient (Wildman–Crippen LogP) is 3.32. The van der Waals surface area contributed by atoms with Gasteiger partial charge in [0.05, 0.1) is 5.54 Å². The third kappa shape index (κ3) is 2.56. The first-order chi connectivity index (χ1) is 8.59. The van der Waals surface area contributed by atoms with Gasteiger partial charge in [0.1, 0.15) is 0 Å². The van der Waals surface area contributed by atoms with Crippen molar-refractivity contribution in [1.82, 2.24) is 10.1 Å². The molecule has 2 aromatic rings. The zero-order valence-electron chi connectivity index (χ0n) is 10.5. The van der Waals surface area contributed by atoms with Gasteiger partial charge in [-0.2, -0.15) is 4.98 Å². The van der Waals surface area contributed by atoms with E-state index in [1.54, 1.807) is 0 Å². The Morgan fingerprint density at radius 1 is 1.33 bits per heavy atom. The van der Waals surface area contributed by atoms with E-state index in [0.717, 1.165) is 22.0 Å². The van der Waals surface area contributed by atoms with Crippen LogP contribution in [0.3, 0.4) is 0 Å². The summed E-state index contributed by atoms with van der Waals surface area (Å²) in [5.74, 6) is 1.11. The van der Waals surface area contributed by atoms with Gasteiger partial charge in [-0.05, 0) is 53.6 Å². The summed E-state index contributed by atoms with van der Waals surface area (Å²) in [6, 6.07) is 7.95. The monoisotopic (exact) mass is 357 g/mol. The van der Waals surface area contributed by atoms with Gasteiger partial charge in [0.2, 0.25) is 0 Å². The van der Waals surface area contributed by atoms with Crippen LogP contribution in [0.25, 0.3) is 11.5 Å². The fraction of sp³-hybridized carbons (Fsp3) is 0.385. The highest BCUT2D eigenvalue weighted by atomic mass is 127. The van der Waals surface area contributed by atoms with Crippen molar-refractivity contribution in [3.8, 4) is 11.5 Å². The number of hydrogen-bond donors (Lipinski definition) is 1. The Morgan fingerprint density at radius 2 is 2.06 bits per heavy atom. The average molecular weight is 357 g/mol. The number of hydrogen-bond acceptors (Lipinski definition) is 4. The molecule has 0 bridgehead atoms. The first kappa shape index (κ1) is 13.5. The molecule has 2 rings (SSSR count). The molecule has 4 nitrogen and oxygen atoms in total. The fourth-order valence-electron chi connectivity index (χ4n) is 1.73. The molecule has 0 aliphatic carbocycles. The van der Waals surface area contributed by atoms with Crippen molar-refractivity contribution >= 4 is 22.6 Å². The van der Waals surface area contributed by atoms with Crippen LogP contribution in [0.1, 0.15) is 32.5 Å². The van der Waals surface area contributed by atoms with E-state index in [1.165, 1.54) is 0 Å². The topological polar surface area (TPSA) is 64.9 Å². The van der Waals surface area contributed by atoms with Gasteiger partial charge < -0.3 is 10.3 Å². The molecule has 0 unspecified atom stereocenters. The Labute approximate surface area is 120 Å². The van der Waals surface area contributed by atoms with Crippen molar-refractivity contribution in [1.29, 1.82) is 0 Å². The summed E-state index contributed by atoms with van der Waals surface area (Å²) >= 11 is 2.26. The van der Waals surface area contributed by atoms with Crippen molar-refractivity contribution in [2.45, 2.75) is 32.2 Å². The fourth-order valence-corrected chi connectivity index (χ4v) is 2.27. The highest BCUT2D eigenvalue weighted by molar-refractivity contribution is 14.1. The summed E-state index contributed by atoms with van der Waals surface area (Å²) in [6.07, 6.45) is 1.57. The van der Waals surface area contributed by atoms with Crippen molar-refractivity contribution in [3.63, 3.8) is 0 Å². The second-order valence-corrected chi connectivity index (χ2v) is 5.54. The molecule has 0 radical (unpaired) electrons. The highest BCUT2D eigenvalue weighted by Gasteiger charge is 2.29. The van der Waals surface area contributed by atoms with Crippen LogP contribution in [0.5, 0.6) is 0 Å². The summed E-state index contributed by atoms with van der Waals surface area (Å²) in [6.45, 7) is 4.07. The van der Waals surface area contributed by atoms with Gasteiger partial charge >= 0.3 is 0 Å². The van der Waals surface area contributed by atoms with Crippen LogP contribution in [0.4, 0.5) is 0 Å². The maximum Gasteiger partial charge on any atom is 0.258 e. The van der Waals surface area contributed by atoms with Gasteiger partial charge in [-0.3, -0.25) is 0 Å². The van der Waals surface area contributed by atoms with E-state index < -0.39 is 5.54 Å². The molecule has 0 saturated carbocycles. The first-order valence-corrected chi connectivity index (χ1v) is 7.06. The highest BCUT2D eigenvalue weighted by Crippen LogP contribution is 2.26. The van der Waals surface area contributed by atoms with E-state index in [4.69, 9.17) is 10.3 Å². The largest absolute Gasteiger partial charge is 0.334 e. The van der Waals surface area contributed by atoms with Gasteiger partial charge in [-0.15, -0.1) is 0 Å². The second-order valence-electron chi connectivity index (χ2n) is 4.30. The van der Waals surface area contributed by atoms with Crippen molar-refractivity contribution in [3.05, 3.63) is 33.7 Å². The first-order valence-electron chi connectivity index (χ1n) is 5.98. The zero-order valence-corrected chi connectivity index (χ0v) is 12.6. The number of halogens is 1. The average Bonchev–Trinajstić information content (AvgIpc) is 2.88. The second kappa shape index (κ2) is 5.36. The quantitative estimate of drug-likeness (QED) is 0.853. The Bertz CT molecular complexity index is 535. The van der Waals surface area contributed by atoms with Crippen LogP contribution in [0, 0.1) is 3.57 Å². The standard InChI is InChI=1S/C13H16IN3O/c1-3-13(15,4-2)12-16-11(18-17-12)9-6-5-7-10(14)8-9/h5-8H,3-4,15H2,1-2H3. The molecule has 1 heterocycles. The molecule has 1 aromatic heterocycles.